The number of methoxy groups -OCH3 is 1. The van der Waals surface area contributed by atoms with E-state index >= 15 is 0 Å². The zero-order chi connectivity index (χ0) is 26.4. The van der Waals surface area contributed by atoms with Gasteiger partial charge in [-0.1, -0.05) is 24.3 Å². The van der Waals surface area contributed by atoms with E-state index < -0.39 is 0 Å². The average molecular weight is 507 g/mol. The van der Waals surface area contributed by atoms with E-state index in [0.29, 0.717) is 45.1 Å². The lowest BCUT2D eigenvalue weighted by Crippen LogP contribution is -2.16. The molecule has 11 heteroatoms. The summed E-state index contributed by atoms with van der Waals surface area (Å²) in [6.45, 7) is 0. The highest BCUT2D eigenvalue weighted by Gasteiger charge is 2.21. The van der Waals surface area contributed by atoms with Crippen molar-refractivity contribution in [3.05, 3.63) is 89.2 Å². The number of fused-ring (bicyclic) bond motifs is 2. The largest absolute Gasteiger partial charge is 0.495 e. The van der Waals surface area contributed by atoms with Crippen LogP contribution in [0.15, 0.2) is 78.0 Å². The molecule has 0 saturated heterocycles. The van der Waals surface area contributed by atoms with E-state index in [1.54, 1.807) is 28.9 Å². The second kappa shape index (κ2) is 8.89. The fourth-order valence-electron chi connectivity index (χ4n) is 4.56. The minimum absolute atomic E-state index is 0.244. The number of ether oxygens (including phenoxy) is 1. The predicted molar refractivity (Wildman–Crippen MR) is 145 cm³/mol. The van der Waals surface area contributed by atoms with Gasteiger partial charge in [0.05, 0.1) is 23.9 Å². The third-order valence-corrected chi connectivity index (χ3v) is 6.40. The average Bonchev–Trinajstić information content (AvgIpc) is 3.48. The van der Waals surface area contributed by atoms with E-state index in [0.717, 1.165) is 10.9 Å². The SMILES string of the molecule is COc1cc(-c2nn(-c3cc[nH]c(=O)c3)c3ncnc(N)c23)ccc1NC(=O)c1cc2ccccc2n1C. The fraction of sp³-hybridized carbons (Fsp3) is 0.0741. The van der Waals surface area contributed by atoms with Crippen LogP contribution in [0.4, 0.5) is 11.5 Å². The summed E-state index contributed by atoms with van der Waals surface area (Å²) < 4.78 is 9.01. The molecule has 0 fully saturated rings. The van der Waals surface area contributed by atoms with Crippen LogP contribution in [0.3, 0.4) is 0 Å². The maximum atomic E-state index is 13.2. The maximum absolute atomic E-state index is 13.2. The van der Waals surface area contributed by atoms with E-state index in [1.807, 2.05) is 41.9 Å². The number of carbonyl (C=O) groups excluding carboxylic acids is 1. The number of hydrogen-bond donors (Lipinski definition) is 3. The summed E-state index contributed by atoms with van der Waals surface area (Å²) in [4.78, 5) is 36.2. The topological polar surface area (TPSA) is 146 Å². The van der Waals surface area contributed by atoms with Gasteiger partial charge in [0.15, 0.2) is 5.65 Å². The van der Waals surface area contributed by atoms with Crippen molar-refractivity contribution in [2.75, 3.05) is 18.2 Å². The zero-order valence-electron chi connectivity index (χ0n) is 20.5. The zero-order valence-corrected chi connectivity index (χ0v) is 20.5. The van der Waals surface area contributed by atoms with Crippen LogP contribution in [0.2, 0.25) is 0 Å². The lowest BCUT2D eigenvalue weighted by molar-refractivity contribution is 0.101. The molecule has 2 aromatic carbocycles. The molecule has 6 rings (SSSR count). The minimum Gasteiger partial charge on any atom is -0.495 e. The molecule has 6 aromatic rings. The van der Waals surface area contributed by atoms with Gasteiger partial charge in [-0.15, -0.1) is 0 Å². The Morgan fingerprint density at radius 1 is 1.08 bits per heavy atom. The summed E-state index contributed by atoms with van der Waals surface area (Å²) in [5.74, 6) is 0.411. The van der Waals surface area contributed by atoms with Gasteiger partial charge in [0.1, 0.15) is 29.3 Å². The molecule has 0 bridgehead atoms. The van der Waals surface area contributed by atoms with Crippen molar-refractivity contribution in [1.29, 1.82) is 0 Å². The number of aromatic amines is 1. The smallest absolute Gasteiger partial charge is 0.272 e. The summed E-state index contributed by atoms with van der Waals surface area (Å²) >= 11 is 0. The van der Waals surface area contributed by atoms with Gasteiger partial charge in [0.25, 0.3) is 5.91 Å². The summed E-state index contributed by atoms with van der Waals surface area (Å²) in [5, 5.41) is 9.17. The highest BCUT2D eigenvalue weighted by molar-refractivity contribution is 6.07. The molecule has 188 valence electrons. The maximum Gasteiger partial charge on any atom is 0.272 e. The van der Waals surface area contributed by atoms with Crippen LogP contribution in [0.5, 0.6) is 5.75 Å². The van der Waals surface area contributed by atoms with Gasteiger partial charge < -0.3 is 25.3 Å². The minimum atomic E-state index is -0.275. The van der Waals surface area contributed by atoms with E-state index in [1.165, 1.54) is 25.7 Å². The first-order valence-corrected chi connectivity index (χ1v) is 11.7. The molecule has 0 aliphatic carbocycles. The highest BCUT2D eigenvalue weighted by atomic mass is 16.5. The molecule has 0 aliphatic heterocycles. The third-order valence-electron chi connectivity index (χ3n) is 6.40. The molecule has 11 nitrogen and oxygen atoms in total. The Kier molecular flexibility index (Phi) is 5.38. The van der Waals surface area contributed by atoms with E-state index in [-0.39, 0.29) is 17.3 Å². The van der Waals surface area contributed by atoms with Gasteiger partial charge >= 0.3 is 0 Å². The predicted octanol–water partition coefficient (Wildman–Crippen LogP) is 3.51. The monoisotopic (exact) mass is 506 g/mol. The van der Waals surface area contributed by atoms with Gasteiger partial charge in [-0.3, -0.25) is 9.59 Å². The van der Waals surface area contributed by atoms with Crippen LogP contribution >= 0.6 is 0 Å². The number of nitrogens with one attached hydrogen (secondary N) is 2. The van der Waals surface area contributed by atoms with Crippen LogP contribution in [0.25, 0.3) is 38.9 Å². The van der Waals surface area contributed by atoms with Crippen molar-refractivity contribution >= 4 is 39.3 Å². The molecule has 0 unspecified atom stereocenters. The van der Waals surface area contributed by atoms with Crippen molar-refractivity contribution in [2.24, 2.45) is 7.05 Å². The van der Waals surface area contributed by atoms with Crippen molar-refractivity contribution in [3.8, 4) is 22.7 Å². The first-order valence-electron chi connectivity index (χ1n) is 11.7. The molecule has 4 heterocycles. The van der Waals surface area contributed by atoms with Crippen molar-refractivity contribution in [1.82, 2.24) is 29.3 Å². The summed E-state index contributed by atoms with van der Waals surface area (Å²) in [7, 11) is 3.38. The third kappa shape index (κ3) is 3.73. The van der Waals surface area contributed by atoms with Gasteiger partial charge in [0.2, 0.25) is 5.56 Å². The van der Waals surface area contributed by atoms with Gasteiger partial charge in [0, 0.05) is 35.8 Å². The quantitative estimate of drug-likeness (QED) is 0.324. The Hall–Kier alpha value is -5.45. The number of aryl methyl sites for hydroxylation is 1. The van der Waals surface area contributed by atoms with Crippen molar-refractivity contribution in [3.63, 3.8) is 0 Å². The fourth-order valence-corrected chi connectivity index (χ4v) is 4.56. The molecule has 0 saturated carbocycles. The summed E-state index contributed by atoms with van der Waals surface area (Å²) in [6.07, 6.45) is 2.88. The van der Waals surface area contributed by atoms with E-state index in [2.05, 4.69) is 20.3 Å². The second-order valence-corrected chi connectivity index (χ2v) is 8.65. The Labute approximate surface area is 215 Å². The lowest BCUT2D eigenvalue weighted by Gasteiger charge is -2.12. The van der Waals surface area contributed by atoms with Crippen molar-refractivity contribution in [2.45, 2.75) is 0 Å². The molecular formula is C27H22N8O3. The highest BCUT2D eigenvalue weighted by Crippen LogP contribution is 2.36. The number of nitrogen functional groups attached to an aromatic ring is 1. The number of carbonyl (C=O) groups is 1. The Bertz CT molecular complexity index is 1920. The first kappa shape index (κ1) is 23.0. The number of rotatable bonds is 5. The van der Waals surface area contributed by atoms with Crippen LogP contribution in [0.1, 0.15) is 10.5 Å². The van der Waals surface area contributed by atoms with Gasteiger partial charge in [-0.05, 0) is 30.3 Å². The summed E-state index contributed by atoms with van der Waals surface area (Å²) in [5.41, 5.74) is 10.1. The number of para-hydroxylation sites is 1. The van der Waals surface area contributed by atoms with E-state index in [4.69, 9.17) is 15.6 Å². The van der Waals surface area contributed by atoms with Crippen LogP contribution in [0, 0.1) is 0 Å². The lowest BCUT2D eigenvalue weighted by atomic mass is 10.1. The molecular weight excluding hydrogens is 484 g/mol. The number of benzene rings is 2. The van der Waals surface area contributed by atoms with Crippen LogP contribution in [-0.4, -0.2) is 42.3 Å². The Balaban J connectivity index is 1.41. The number of hydrogen-bond acceptors (Lipinski definition) is 7. The number of amides is 1. The number of aromatic nitrogens is 6. The van der Waals surface area contributed by atoms with Crippen molar-refractivity contribution < 1.29 is 9.53 Å². The normalized spacial score (nSPS) is 11.2. The molecule has 0 atom stereocenters. The molecule has 4 aromatic heterocycles. The Morgan fingerprint density at radius 2 is 1.92 bits per heavy atom. The van der Waals surface area contributed by atoms with E-state index in [9.17, 15) is 9.59 Å². The van der Waals surface area contributed by atoms with Gasteiger partial charge in [-0.25, -0.2) is 14.6 Å². The van der Waals surface area contributed by atoms with Crippen LogP contribution < -0.4 is 21.3 Å². The number of H-pyrrole nitrogens is 1. The molecule has 1 amide bonds. The molecule has 4 N–H and O–H groups in total. The molecule has 0 spiro atoms. The molecule has 38 heavy (non-hydrogen) atoms. The second-order valence-electron chi connectivity index (χ2n) is 8.65. The number of nitrogens with two attached hydrogens (primary N) is 1. The molecule has 0 aliphatic rings. The standard InChI is InChI=1S/C27H22N8O3/c1-34-19-6-4-3-5-15(19)11-20(34)27(37)32-18-8-7-16(12-21(18)38-2)24-23-25(28)30-14-31-26(23)35(33-24)17-9-10-29-22(36)13-17/h3-14H,1-2H3,(H,29,36)(H,32,37)(H2,28,30,31). The first-order chi connectivity index (χ1) is 18.4. The van der Waals surface area contributed by atoms with Gasteiger partial charge in [-0.2, -0.15) is 5.10 Å². The number of anilines is 2. The summed E-state index contributed by atoms with van der Waals surface area (Å²) in [6, 6.07) is 18.1. The molecule has 0 radical (unpaired) electrons. The Morgan fingerprint density at radius 3 is 2.71 bits per heavy atom. The van der Waals surface area contributed by atoms with Crippen LogP contribution in [-0.2, 0) is 7.05 Å². The number of pyridine rings is 1. The number of nitrogens with zero attached hydrogens (tertiary/aromatic N) is 5.